The zero-order valence-electron chi connectivity index (χ0n) is 10.3. The molecule has 1 saturated carbocycles. The standard InChI is InChI=1S/C12H23NO3/c1-3-12(6-4-5-7-12)9-13-8-11(2,16)10(14)15/h13,16H,3-9H2,1-2H3,(H,14,15). The van der Waals surface area contributed by atoms with Crippen molar-refractivity contribution in [2.24, 2.45) is 5.41 Å². The van der Waals surface area contributed by atoms with E-state index in [2.05, 4.69) is 12.2 Å². The Kier molecular flexibility index (Phi) is 4.33. The number of hydrogen-bond acceptors (Lipinski definition) is 3. The summed E-state index contributed by atoms with van der Waals surface area (Å²) in [5, 5.41) is 21.4. The highest BCUT2D eigenvalue weighted by molar-refractivity contribution is 5.76. The Morgan fingerprint density at radius 3 is 2.44 bits per heavy atom. The zero-order valence-corrected chi connectivity index (χ0v) is 10.3. The van der Waals surface area contributed by atoms with Crippen molar-refractivity contribution in [2.45, 2.75) is 51.6 Å². The van der Waals surface area contributed by atoms with Crippen LogP contribution >= 0.6 is 0 Å². The van der Waals surface area contributed by atoms with Gasteiger partial charge in [-0.3, -0.25) is 0 Å². The first-order valence-electron chi connectivity index (χ1n) is 6.08. The second-order valence-corrected chi connectivity index (χ2v) is 5.24. The molecule has 0 saturated heterocycles. The van der Waals surface area contributed by atoms with Crippen LogP contribution in [0.3, 0.4) is 0 Å². The molecule has 1 unspecified atom stereocenters. The van der Waals surface area contributed by atoms with Crippen molar-refractivity contribution in [3.63, 3.8) is 0 Å². The minimum Gasteiger partial charge on any atom is -0.479 e. The third-order valence-electron chi connectivity index (χ3n) is 3.84. The fourth-order valence-corrected chi connectivity index (χ4v) is 2.43. The number of aliphatic hydroxyl groups is 1. The van der Waals surface area contributed by atoms with Crippen LogP contribution in [-0.2, 0) is 4.79 Å². The van der Waals surface area contributed by atoms with Crippen LogP contribution in [-0.4, -0.2) is 34.9 Å². The van der Waals surface area contributed by atoms with E-state index < -0.39 is 11.6 Å². The van der Waals surface area contributed by atoms with E-state index in [0.29, 0.717) is 5.41 Å². The summed E-state index contributed by atoms with van der Waals surface area (Å²) < 4.78 is 0. The van der Waals surface area contributed by atoms with E-state index >= 15 is 0 Å². The predicted molar refractivity (Wildman–Crippen MR) is 62.3 cm³/mol. The summed E-state index contributed by atoms with van der Waals surface area (Å²) in [6.07, 6.45) is 6.09. The van der Waals surface area contributed by atoms with Gasteiger partial charge in [0.25, 0.3) is 0 Å². The molecule has 0 aromatic heterocycles. The van der Waals surface area contributed by atoms with Gasteiger partial charge in [0.2, 0.25) is 0 Å². The third kappa shape index (κ3) is 3.19. The van der Waals surface area contributed by atoms with Crippen LogP contribution in [0.4, 0.5) is 0 Å². The van der Waals surface area contributed by atoms with Crippen molar-refractivity contribution < 1.29 is 15.0 Å². The number of carboxylic acid groups (broad SMARTS) is 1. The third-order valence-corrected chi connectivity index (χ3v) is 3.84. The maximum absolute atomic E-state index is 10.7. The molecule has 0 bridgehead atoms. The fourth-order valence-electron chi connectivity index (χ4n) is 2.43. The van der Waals surface area contributed by atoms with Gasteiger partial charge in [-0.25, -0.2) is 4.79 Å². The van der Waals surface area contributed by atoms with Gasteiger partial charge in [-0.2, -0.15) is 0 Å². The highest BCUT2D eigenvalue weighted by Gasteiger charge is 2.34. The first-order chi connectivity index (χ1) is 7.42. The Hall–Kier alpha value is -0.610. The molecular weight excluding hydrogens is 206 g/mol. The molecular formula is C12H23NO3. The van der Waals surface area contributed by atoms with Gasteiger partial charge in [0.15, 0.2) is 5.60 Å². The average molecular weight is 229 g/mol. The van der Waals surface area contributed by atoms with Gasteiger partial charge in [0, 0.05) is 13.1 Å². The fraction of sp³-hybridized carbons (Fsp3) is 0.917. The molecule has 94 valence electrons. The van der Waals surface area contributed by atoms with Crippen molar-refractivity contribution in [1.29, 1.82) is 0 Å². The van der Waals surface area contributed by atoms with Crippen molar-refractivity contribution in [1.82, 2.24) is 5.32 Å². The van der Waals surface area contributed by atoms with Crippen LogP contribution in [0.15, 0.2) is 0 Å². The minimum atomic E-state index is -1.66. The zero-order chi connectivity index (χ0) is 12.2. The lowest BCUT2D eigenvalue weighted by Gasteiger charge is -2.29. The van der Waals surface area contributed by atoms with Crippen molar-refractivity contribution in [3.05, 3.63) is 0 Å². The SMILES string of the molecule is CCC1(CNCC(C)(O)C(=O)O)CCCC1. The van der Waals surface area contributed by atoms with E-state index in [-0.39, 0.29) is 6.54 Å². The van der Waals surface area contributed by atoms with Crippen LogP contribution in [0.5, 0.6) is 0 Å². The summed E-state index contributed by atoms with van der Waals surface area (Å²) in [6, 6.07) is 0. The number of carboxylic acids is 1. The van der Waals surface area contributed by atoms with Crippen molar-refractivity contribution in [3.8, 4) is 0 Å². The second kappa shape index (κ2) is 5.15. The normalized spacial score (nSPS) is 22.9. The van der Waals surface area contributed by atoms with Crippen LogP contribution in [0, 0.1) is 5.41 Å². The smallest absolute Gasteiger partial charge is 0.336 e. The van der Waals surface area contributed by atoms with Crippen LogP contribution in [0.1, 0.15) is 46.0 Å². The molecule has 4 heteroatoms. The summed E-state index contributed by atoms with van der Waals surface area (Å²) in [4.78, 5) is 10.7. The molecule has 0 amide bonds. The van der Waals surface area contributed by atoms with Gasteiger partial charge in [-0.1, -0.05) is 19.8 Å². The molecule has 1 aliphatic rings. The molecule has 1 aliphatic carbocycles. The highest BCUT2D eigenvalue weighted by atomic mass is 16.4. The Balaban J connectivity index is 2.37. The molecule has 3 N–H and O–H groups in total. The van der Waals surface area contributed by atoms with Gasteiger partial charge in [-0.05, 0) is 31.6 Å². The number of hydrogen-bond donors (Lipinski definition) is 3. The summed E-state index contributed by atoms with van der Waals surface area (Å²) in [5.74, 6) is -1.17. The Morgan fingerprint density at radius 2 is 2.00 bits per heavy atom. The average Bonchev–Trinajstić information content (AvgIpc) is 2.67. The van der Waals surface area contributed by atoms with Gasteiger partial charge in [0.1, 0.15) is 0 Å². The first kappa shape index (κ1) is 13.5. The van der Waals surface area contributed by atoms with Gasteiger partial charge in [0.05, 0.1) is 0 Å². The molecule has 0 radical (unpaired) electrons. The van der Waals surface area contributed by atoms with Gasteiger partial charge >= 0.3 is 5.97 Å². The molecule has 0 spiro atoms. The molecule has 0 aromatic rings. The van der Waals surface area contributed by atoms with E-state index in [1.807, 2.05) is 0 Å². The predicted octanol–water partition coefficient (Wildman–Crippen LogP) is 1.38. The van der Waals surface area contributed by atoms with E-state index in [0.717, 1.165) is 13.0 Å². The van der Waals surface area contributed by atoms with Crippen LogP contribution in [0.25, 0.3) is 0 Å². The molecule has 0 heterocycles. The van der Waals surface area contributed by atoms with Crippen molar-refractivity contribution >= 4 is 5.97 Å². The topological polar surface area (TPSA) is 69.6 Å². The summed E-state index contributed by atoms with van der Waals surface area (Å²) in [7, 11) is 0. The molecule has 1 atom stereocenters. The first-order valence-corrected chi connectivity index (χ1v) is 6.08. The monoisotopic (exact) mass is 229 g/mol. The lowest BCUT2D eigenvalue weighted by Crippen LogP contribution is -2.47. The van der Waals surface area contributed by atoms with Crippen LogP contribution < -0.4 is 5.32 Å². The van der Waals surface area contributed by atoms with Gasteiger partial charge in [-0.15, -0.1) is 0 Å². The largest absolute Gasteiger partial charge is 0.479 e. The summed E-state index contributed by atoms with van der Waals surface area (Å²) in [6.45, 7) is 4.44. The van der Waals surface area contributed by atoms with Gasteiger partial charge < -0.3 is 15.5 Å². The number of rotatable bonds is 6. The number of nitrogens with one attached hydrogen (secondary N) is 1. The molecule has 4 nitrogen and oxygen atoms in total. The molecule has 1 fully saturated rings. The lowest BCUT2D eigenvalue weighted by atomic mass is 9.83. The van der Waals surface area contributed by atoms with Crippen LogP contribution in [0.2, 0.25) is 0 Å². The molecule has 0 aromatic carbocycles. The van der Waals surface area contributed by atoms with E-state index in [9.17, 15) is 9.90 Å². The molecule has 16 heavy (non-hydrogen) atoms. The summed E-state index contributed by atoms with van der Waals surface area (Å²) in [5.41, 5.74) is -1.33. The summed E-state index contributed by atoms with van der Waals surface area (Å²) >= 11 is 0. The van der Waals surface area contributed by atoms with E-state index in [1.54, 1.807) is 0 Å². The number of aliphatic carboxylic acids is 1. The maximum atomic E-state index is 10.7. The Bertz CT molecular complexity index is 245. The Labute approximate surface area is 97.0 Å². The highest BCUT2D eigenvalue weighted by Crippen LogP contribution is 2.40. The number of carbonyl (C=O) groups is 1. The lowest BCUT2D eigenvalue weighted by molar-refractivity contribution is -0.156. The second-order valence-electron chi connectivity index (χ2n) is 5.24. The maximum Gasteiger partial charge on any atom is 0.336 e. The van der Waals surface area contributed by atoms with E-state index in [4.69, 9.17) is 5.11 Å². The quantitative estimate of drug-likeness (QED) is 0.643. The minimum absolute atomic E-state index is 0.115. The molecule has 0 aliphatic heterocycles. The van der Waals surface area contributed by atoms with Crippen molar-refractivity contribution in [2.75, 3.05) is 13.1 Å². The molecule has 1 rings (SSSR count). The van der Waals surface area contributed by atoms with E-state index in [1.165, 1.54) is 32.6 Å². The Morgan fingerprint density at radius 1 is 1.44 bits per heavy atom.